The van der Waals surface area contributed by atoms with Gasteiger partial charge in [-0.1, -0.05) is 71.4 Å². The summed E-state index contributed by atoms with van der Waals surface area (Å²) in [6.07, 6.45) is 2.26. The third-order valence-electron chi connectivity index (χ3n) is 6.39. The molecule has 0 saturated carbocycles. The van der Waals surface area contributed by atoms with E-state index in [1.165, 1.54) is 11.8 Å². The zero-order valence-electron chi connectivity index (χ0n) is 23.6. The second-order valence-corrected chi connectivity index (χ2v) is 11.9. The summed E-state index contributed by atoms with van der Waals surface area (Å²) in [4.78, 5) is 40.3. The maximum absolute atomic E-state index is 13.4. The van der Waals surface area contributed by atoms with Gasteiger partial charge in [0, 0.05) is 26.3 Å². The standard InChI is InChI=1S/C34H32BrN3O3S/c1-4-31(34(41)37-29-19-22(2)13-14-23(29)3)42-28-12-8-11-27(21-28)36-33(40)30(20-24-15-17-26(35)18-16-24)38-32(39)25-9-6-5-7-10-25/h5-21,31H,4H2,1-3H3,(H,36,40)(H,37,41)(H,38,39)/b30-20-. The van der Waals surface area contributed by atoms with Crippen molar-refractivity contribution in [2.24, 2.45) is 0 Å². The maximum atomic E-state index is 13.4. The van der Waals surface area contributed by atoms with Crippen LogP contribution in [0.2, 0.25) is 0 Å². The monoisotopic (exact) mass is 641 g/mol. The van der Waals surface area contributed by atoms with E-state index in [0.717, 1.165) is 31.7 Å². The number of halogens is 1. The molecule has 214 valence electrons. The smallest absolute Gasteiger partial charge is 0.272 e. The van der Waals surface area contributed by atoms with E-state index in [1.54, 1.807) is 36.4 Å². The van der Waals surface area contributed by atoms with Gasteiger partial charge in [0.05, 0.1) is 5.25 Å². The number of hydrogen-bond donors (Lipinski definition) is 3. The van der Waals surface area contributed by atoms with Gasteiger partial charge in [-0.05, 0) is 91.6 Å². The Morgan fingerprint density at radius 3 is 2.31 bits per heavy atom. The van der Waals surface area contributed by atoms with Crippen molar-refractivity contribution in [2.75, 3.05) is 10.6 Å². The zero-order valence-corrected chi connectivity index (χ0v) is 26.0. The Balaban J connectivity index is 1.50. The van der Waals surface area contributed by atoms with Crippen molar-refractivity contribution in [3.05, 3.63) is 129 Å². The fourth-order valence-electron chi connectivity index (χ4n) is 4.08. The Labute approximate surface area is 259 Å². The van der Waals surface area contributed by atoms with Crippen molar-refractivity contribution in [1.82, 2.24) is 5.32 Å². The first-order valence-electron chi connectivity index (χ1n) is 13.5. The molecule has 0 heterocycles. The van der Waals surface area contributed by atoms with Crippen molar-refractivity contribution in [1.29, 1.82) is 0 Å². The van der Waals surface area contributed by atoms with Crippen LogP contribution in [-0.2, 0) is 9.59 Å². The molecule has 0 spiro atoms. The van der Waals surface area contributed by atoms with Gasteiger partial charge in [0.25, 0.3) is 11.8 Å². The van der Waals surface area contributed by atoms with Crippen molar-refractivity contribution in [2.45, 2.75) is 37.3 Å². The number of amides is 3. The zero-order chi connectivity index (χ0) is 30.1. The average Bonchev–Trinajstić information content (AvgIpc) is 2.99. The van der Waals surface area contributed by atoms with Crippen LogP contribution in [0.15, 0.2) is 112 Å². The van der Waals surface area contributed by atoms with Crippen LogP contribution in [0.5, 0.6) is 0 Å². The number of benzene rings is 4. The van der Waals surface area contributed by atoms with Crippen LogP contribution < -0.4 is 16.0 Å². The van der Waals surface area contributed by atoms with Crippen LogP contribution in [0, 0.1) is 13.8 Å². The van der Waals surface area contributed by atoms with Gasteiger partial charge in [-0.2, -0.15) is 0 Å². The van der Waals surface area contributed by atoms with Gasteiger partial charge in [0.15, 0.2) is 0 Å². The predicted octanol–water partition coefficient (Wildman–Crippen LogP) is 7.98. The number of rotatable bonds is 10. The molecule has 0 saturated heterocycles. The Kier molecular flexibility index (Phi) is 10.8. The minimum Gasteiger partial charge on any atom is -0.325 e. The first-order valence-corrected chi connectivity index (χ1v) is 15.2. The number of aryl methyl sites for hydroxylation is 2. The molecule has 42 heavy (non-hydrogen) atoms. The van der Waals surface area contributed by atoms with Crippen molar-refractivity contribution in [3.8, 4) is 0 Å². The highest BCUT2D eigenvalue weighted by Gasteiger charge is 2.20. The summed E-state index contributed by atoms with van der Waals surface area (Å²) in [6.45, 7) is 5.94. The molecular weight excluding hydrogens is 610 g/mol. The van der Waals surface area contributed by atoms with E-state index in [1.807, 2.05) is 87.5 Å². The Bertz CT molecular complexity index is 1600. The molecule has 0 fully saturated rings. The van der Waals surface area contributed by atoms with Crippen LogP contribution >= 0.6 is 27.7 Å². The van der Waals surface area contributed by atoms with E-state index in [2.05, 4.69) is 31.9 Å². The van der Waals surface area contributed by atoms with Gasteiger partial charge in [-0.25, -0.2) is 0 Å². The molecule has 6 nitrogen and oxygen atoms in total. The lowest BCUT2D eigenvalue weighted by atomic mass is 10.1. The number of nitrogens with one attached hydrogen (secondary N) is 3. The van der Waals surface area contributed by atoms with Crippen molar-refractivity contribution in [3.63, 3.8) is 0 Å². The molecule has 0 bridgehead atoms. The molecule has 1 unspecified atom stereocenters. The average molecular weight is 643 g/mol. The predicted molar refractivity (Wildman–Crippen MR) is 176 cm³/mol. The summed E-state index contributed by atoms with van der Waals surface area (Å²) in [7, 11) is 0. The molecule has 3 amide bonds. The quantitative estimate of drug-likeness (QED) is 0.121. The van der Waals surface area contributed by atoms with Gasteiger partial charge in [0.2, 0.25) is 5.91 Å². The highest BCUT2D eigenvalue weighted by molar-refractivity contribution is 9.10. The lowest BCUT2D eigenvalue weighted by Gasteiger charge is -2.17. The third-order valence-corrected chi connectivity index (χ3v) is 8.28. The van der Waals surface area contributed by atoms with Crippen LogP contribution in [-0.4, -0.2) is 23.0 Å². The normalized spacial score (nSPS) is 11.9. The van der Waals surface area contributed by atoms with Crippen molar-refractivity contribution < 1.29 is 14.4 Å². The number of anilines is 2. The summed E-state index contributed by atoms with van der Waals surface area (Å²) in [5.74, 6) is -0.933. The maximum Gasteiger partial charge on any atom is 0.272 e. The molecule has 0 aliphatic rings. The molecule has 4 aromatic carbocycles. The molecule has 0 aliphatic carbocycles. The molecule has 0 aromatic heterocycles. The van der Waals surface area contributed by atoms with Gasteiger partial charge >= 0.3 is 0 Å². The van der Waals surface area contributed by atoms with Gasteiger partial charge in [-0.15, -0.1) is 11.8 Å². The van der Waals surface area contributed by atoms with Gasteiger partial charge < -0.3 is 16.0 Å². The largest absolute Gasteiger partial charge is 0.325 e. The van der Waals surface area contributed by atoms with E-state index in [0.29, 0.717) is 17.7 Å². The van der Waals surface area contributed by atoms with E-state index in [9.17, 15) is 14.4 Å². The Hall–Kier alpha value is -4.14. The first kappa shape index (κ1) is 30.8. The number of carbonyl (C=O) groups excluding carboxylic acids is 3. The lowest BCUT2D eigenvalue weighted by Crippen LogP contribution is -2.30. The summed E-state index contributed by atoms with van der Waals surface area (Å²) in [5, 5.41) is 8.40. The van der Waals surface area contributed by atoms with Crippen molar-refractivity contribution >= 4 is 62.9 Å². The molecule has 0 radical (unpaired) electrons. The topological polar surface area (TPSA) is 87.3 Å². The summed E-state index contributed by atoms with van der Waals surface area (Å²) in [5.41, 5.74) is 4.73. The van der Waals surface area contributed by atoms with Crippen LogP contribution in [0.3, 0.4) is 0 Å². The molecule has 4 rings (SSSR count). The molecule has 8 heteroatoms. The lowest BCUT2D eigenvalue weighted by molar-refractivity contribution is -0.116. The highest BCUT2D eigenvalue weighted by atomic mass is 79.9. The minimum absolute atomic E-state index is 0.0750. The number of carbonyl (C=O) groups is 3. The summed E-state index contributed by atoms with van der Waals surface area (Å²) in [6, 6.07) is 29.5. The van der Waals surface area contributed by atoms with Crippen LogP contribution in [0.25, 0.3) is 6.08 Å². The molecular formula is C34H32BrN3O3S. The Morgan fingerprint density at radius 1 is 0.857 bits per heavy atom. The highest BCUT2D eigenvalue weighted by Crippen LogP contribution is 2.29. The van der Waals surface area contributed by atoms with E-state index < -0.39 is 5.91 Å². The molecule has 3 N–H and O–H groups in total. The SMILES string of the molecule is CCC(Sc1cccc(NC(=O)/C(=C/c2ccc(Br)cc2)NC(=O)c2ccccc2)c1)C(=O)Nc1cc(C)ccc1C. The van der Waals surface area contributed by atoms with Gasteiger partial charge in [0.1, 0.15) is 5.70 Å². The Morgan fingerprint density at radius 2 is 1.60 bits per heavy atom. The minimum atomic E-state index is -0.468. The van der Waals surface area contributed by atoms with E-state index in [-0.39, 0.29) is 22.8 Å². The second kappa shape index (κ2) is 14.7. The van der Waals surface area contributed by atoms with E-state index in [4.69, 9.17) is 0 Å². The molecule has 1 atom stereocenters. The van der Waals surface area contributed by atoms with Crippen LogP contribution in [0.4, 0.5) is 11.4 Å². The summed E-state index contributed by atoms with van der Waals surface area (Å²) >= 11 is 4.85. The van der Waals surface area contributed by atoms with Gasteiger partial charge in [-0.3, -0.25) is 14.4 Å². The molecule has 0 aliphatic heterocycles. The first-order chi connectivity index (χ1) is 20.2. The summed E-state index contributed by atoms with van der Waals surface area (Å²) < 4.78 is 0.904. The number of thioether (sulfide) groups is 1. The van der Waals surface area contributed by atoms with E-state index >= 15 is 0 Å². The van der Waals surface area contributed by atoms with Crippen LogP contribution in [0.1, 0.15) is 40.4 Å². The second-order valence-electron chi connectivity index (χ2n) is 9.73. The fourth-order valence-corrected chi connectivity index (χ4v) is 5.36. The third kappa shape index (κ3) is 8.68. The fraction of sp³-hybridized carbons (Fsp3) is 0.147. The molecule has 4 aromatic rings. The number of hydrogen-bond acceptors (Lipinski definition) is 4.